The van der Waals surface area contributed by atoms with Crippen molar-refractivity contribution in [3.05, 3.63) is 88.7 Å². The van der Waals surface area contributed by atoms with Gasteiger partial charge in [0.1, 0.15) is 5.75 Å². The molecule has 26 heavy (non-hydrogen) atoms. The molecule has 0 saturated heterocycles. The molecule has 3 aromatic rings. The number of aromatic nitrogens is 1. The molecular weight excluding hydrogens is 344 g/mol. The van der Waals surface area contributed by atoms with Gasteiger partial charge in [-0.25, -0.2) is 0 Å². The third-order valence-corrected chi connectivity index (χ3v) is 4.21. The fourth-order valence-corrected chi connectivity index (χ4v) is 2.63. The first-order valence-electron chi connectivity index (χ1n) is 8.69. The fourth-order valence-electron chi connectivity index (χ4n) is 2.44. The van der Waals surface area contributed by atoms with Gasteiger partial charge in [-0.3, -0.25) is 9.98 Å². The van der Waals surface area contributed by atoms with Gasteiger partial charge in [0.25, 0.3) is 0 Å². The van der Waals surface area contributed by atoms with Crippen molar-refractivity contribution in [2.45, 2.75) is 19.8 Å². The monoisotopic (exact) mass is 364 g/mol. The van der Waals surface area contributed by atoms with E-state index in [4.69, 9.17) is 16.3 Å². The molecule has 132 valence electrons. The van der Waals surface area contributed by atoms with Crippen molar-refractivity contribution in [3.8, 4) is 5.75 Å². The predicted octanol–water partition coefficient (Wildman–Crippen LogP) is 5.67. The number of nitrogens with zero attached hydrogens (tertiary/aromatic N) is 2. The summed E-state index contributed by atoms with van der Waals surface area (Å²) in [4.78, 5) is 8.87. The molecule has 0 aliphatic rings. The Labute approximate surface area is 159 Å². The van der Waals surface area contributed by atoms with Gasteiger partial charge in [-0.2, -0.15) is 0 Å². The van der Waals surface area contributed by atoms with Crippen LogP contribution in [0.15, 0.2) is 71.9 Å². The molecule has 0 bridgehead atoms. The summed E-state index contributed by atoms with van der Waals surface area (Å²) in [6.07, 6.45) is 5.55. The van der Waals surface area contributed by atoms with Crippen molar-refractivity contribution in [1.29, 1.82) is 0 Å². The van der Waals surface area contributed by atoms with Gasteiger partial charge < -0.3 is 4.74 Å². The number of aliphatic imine (C=N–C) groups is 1. The molecule has 0 radical (unpaired) electrons. The lowest BCUT2D eigenvalue weighted by Gasteiger charge is -2.06. The standard InChI is InChI=1S/C22H21ClN2O/c1-2-17-6-9-20(24-15-17)12-13-26-22-10-7-18(8-11-22)16-25-21-5-3-4-19(23)14-21/h3-11,14-16H,2,12-13H2,1H3. The Morgan fingerprint density at radius 2 is 1.92 bits per heavy atom. The zero-order valence-electron chi connectivity index (χ0n) is 14.7. The van der Waals surface area contributed by atoms with Crippen LogP contribution in [0.25, 0.3) is 0 Å². The van der Waals surface area contributed by atoms with Crippen LogP contribution < -0.4 is 4.74 Å². The van der Waals surface area contributed by atoms with Crippen LogP contribution in [0, 0.1) is 0 Å². The molecule has 1 aromatic heterocycles. The second-order valence-electron chi connectivity index (χ2n) is 5.92. The fraction of sp³-hybridized carbons (Fsp3) is 0.182. The maximum absolute atomic E-state index is 5.96. The second kappa shape index (κ2) is 9.16. The quantitative estimate of drug-likeness (QED) is 0.506. The third kappa shape index (κ3) is 5.43. The molecule has 3 rings (SSSR count). The average Bonchev–Trinajstić information content (AvgIpc) is 2.68. The molecular formula is C22H21ClN2O. The summed E-state index contributed by atoms with van der Waals surface area (Å²) >= 11 is 5.96. The van der Waals surface area contributed by atoms with E-state index in [0.29, 0.717) is 11.6 Å². The van der Waals surface area contributed by atoms with Gasteiger partial charge in [0, 0.05) is 29.5 Å². The van der Waals surface area contributed by atoms with E-state index in [1.54, 1.807) is 0 Å². The molecule has 0 unspecified atom stereocenters. The summed E-state index contributed by atoms with van der Waals surface area (Å²) < 4.78 is 5.80. The summed E-state index contributed by atoms with van der Waals surface area (Å²) in [5.41, 5.74) is 4.14. The third-order valence-electron chi connectivity index (χ3n) is 3.97. The Balaban J connectivity index is 1.51. The van der Waals surface area contributed by atoms with E-state index in [1.807, 2.05) is 60.9 Å². The Morgan fingerprint density at radius 3 is 2.62 bits per heavy atom. The molecule has 0 aliphatic heterocycles. The van der Waals surface area contributed by atoms with Crippen LogP contribution >= 0.6 is 11.6 Å². The Morgan fingerprint density at radius 1 is 1.08 bits per heavy atom. The lowest BCUT2D eigenvalue weighted by atomic mass is 10.2. The molecule has 0 aliphatic carbocycles. The van der Waals surface area contributed by atoms with Gasteiger partial charge in [-0.05, 0) is 66.1 Å². The van der Waals surface area contributed by atoms with E-state index in [9.17, 15) is 0 Å². The maximum Gasteiger partial charge on any atom is 0.119 e. The average molecular weight is 365 g/mol. The van der Waals surface area contributed by atoms with E-state index in [0.717, 1.165) is 35.5 Å². The number of pyridine rings is 1. The molecule has 3 nitrogen and oxygen atoms in total. The number of aryl methyl sites for hydroxylation is 1. The second-order valence-corrected chi connectivity index (χ2v) is 6.35. The van der Waals surface area contributed by atoms with Crippen LogP contribution in [0.1, 0.15) is 23.7 Å². The van der Waals surface area contributed by atoms with E-state index in [-0.39, 0.29) is 0 Å². The normalized spacial score (nSPS) is 11.0. The van der Waals surface area contributed by atoms with E-state index in [1.165, 1.54) is 5.56 Å². The molecule has 0 fully saturated rings. The number of ether oxygens (including phenoxy) is 1. The lowest BCUT2D eigenvalue weighted by molar-refractivity contribution is 0.320. The highest BCUT2D eigenvalue weighted by atomic mass is 35.5. The highest BCUT2D eigenvalue weighted by Crippen LogP contribution is 2.18. The number of rotatable bonds is 7. The molecule has 1 heterocycles. The van der Waals surface area contributed by atoms with Gasteiger partial charge in [0.05, 0.1) is 12.3 Å². The van der Waals surface area contributed by atoms with Gasteiger partial charge in [-0.15, -0.1) is 0 Å². The summed E-state index contributed by atoms with van der Waals surface area (Å²) in [6, 6.07) is 19.5. The smallest absolute Gasteiger partial charge is 0.119 e. The topological polar surface area (TPSA) is 34.5 Å². The van der Waals surface area contributed by atoms with Gasteiger partial charge in [0.15, 0.2) is 0 Å². The van der Waals surface area contributed by atoms with Crippen LogP contribution in [-0.2, 0) is 12.8 Å². The highest BCUT2D eigenvalue weighted by molar-refractivity contribution is 6.30. The van der Waals surface area contributed by atoms with Gasteiger partial charge >= 0.3 is 0 Å². The van der Waals surface area contributed by atoms with Gasteiger partial charge in [-0.1, -0.05) is 30.7 Å². The largest absolute Gasteiger partial charge is 0.493 e. The van der Waals surface area contributed by atoms with Crippen LogP contribution in [0.5, 0.6) is 5.75 Å². The SMILES string of the molecule is CCc1ccc(CCOc2ccc(C=Nc3cccc(Cl)c3)cc2)nc1. The van der Waals surface area contributed by atoms with Crippen molar-refractivity contribution in [3.63, 3.8) is 0 Å². The maximum atomic E-state index is 5.96. The Bertz CT molecular complexity index is 858. The van der Waals surface area contributed by atoms with E-state index >= 15 is 0 Å². The Hall–Kier alpha value is -2.65. The Kier molecular flexibility index (Phi) is 6.39. The zero-order valence-corrected chi connectivity index (χ0v) is 15.5. The highest BCUT2D eigenvalue weighted by Gasteiger charge is 1.98. The number of halogens is 1. The molecule has 0 saturated carbocycles. The first-order chi connectivity index (χ1) is 12.7. The van der Waals surface area contributed by atoms with E-state index in [2.05, 4.69) is 29.0 Å². The predicted molar refractivity (Wildman–Crippen MR) is 108 cm³/mol. The van der Waals surface area contributed by atoms with Crippen molar-refractivity contribution < 1.29 is 4.74 Å². The molecule has 0 atom stereocenters. The van der Waals surface area contributed by atoms with Crippen LogP contribution in [-0.4, -0.2) is 17.8 Å². The van der Waals surface area contributed by atoms with Gasteiger partial charge in [0.2, 0.25) is 0 Å². The zero-order chi connectivity index (χ0) is 18.2. The van der Waals surface area contributed by atoms with Crippen molar-refractivity contribution in [2.75, 3.05) is 6.61 Å². The first kappa shape index (κ1) is 18.2. The minimum Gasteiger partial charge on any atom is -0.493 e. The number of hydrogen-bond acceptors (Lipinski definition) is 3. The summed E-state index contributed by atoms with van der Waals surface area (Å²) in [5, 5.41) is 0.683. The minimum atomic E-state index is 0.606. The van der Waals surface area contributed by atoms with Crippen molar-refractivity contribution >= 4 is 23.5 Å². The van der Waals surface area contributed by atoms with Crippen molar-refractivity contribution in [2.24, 2.45) is 4.99 Å². The van der Waals surface area contributed by atoms with Crippen LogP contribution in [0.4, 0.5) is 5.69 Å². The summed E-state index contributed by atoms with van der Waals surface area (Å²) in [7, 11) is 0. The molecule has 0 N–H and O–H groups in total. The first-order valence-corrected chi connectivity index (χ1v) is 9.07. The lowest BCUT2D eigenvalue weighted by Crippen LogP contribution is -2.03. The number of hydrogen-bond donors (Lipinski definition) is 0. The van der Waals surface area contributed by atoms with Crippen LogP contribution in [0.2, 0.25) is 5.02 Å². The minimum absolute atomic E-state index is 0.606. The molecule has 0 amide bonds. The molecule has 0 spiro atoms. The van der Waals surface area contributed by atoms with Crippen molar-refractivity contribution in [1.82, 2.24) is 4.98 Å². The summed E-state index contributed by atoms with van der Waals surface area (Å²) in [5.74, 6) is 0.843. The summed E-state index contributed by atoms with van der Waals surface area (Å²) in [6.45, 7) is 2.73. The molecule has 4 heteroatoms. The molecule has 2 aromatic carbocycles. The number of benzene rings is 2. The van der Waals surface area contributed by atoms with E-state index < -0.39 is 0 Å². The van der Waals surface area contributed by atoms with Crippen LogP contribution in [0.3, 0.4) is 0 Å².